The van der Waals surface area contributed by atoms with Crippen molar-refractivity contribution in [2.24, 2.45) is 13.0 Å². The summed E-state index contributed by atoms with van der Waals surface area (Å²) in [6.07, 6.45) is 1.65. The van der Waals surface area contributed by atoms with Gasteiger partial charge < -0.3 is 14.6 Å². The van der Waals surface area contributed by atoms with Crippen molar-refractivity contribution >= 4 is 5.97 Å². The van der Waals surface area contributed by atoms with Gasteiger partial charge in [0.25, 0.3) is 0 Å². The van der Waals surface area contributed by atoms with Gasteiger partial charge in [0, 0.05) is 13.6 Å². The van der Waals surface area contributed by atoms with Crippen molar-refractivity contribution in [3.05, 3.63) is 48.0 Å². The smallest absolute Gasteiger partial charge is 0.310 e. The van der Waals surface area contributed by atoms with Crippen molar-refractivity contribution in [3.8, 4) is 0 Å². The number of aryl methyl sites for hydroxylation is 1. The number of rotatable bonds is 7. The summed E-state index contributed by atoms with van der Waals surface area (Å²) in [6.45, 7) is 3.28. The van der Waals surface area contributed by atoms with Gasteiger partial charge in [-0.3, -0.25) is 4.79 Å². The SMILES string of the molecule is CC(CNCc1nncn1C)C(=O)OCc1ccccc1. The zero-order chi connectivity index (χ0) is 15.1. The Morgan fingerprint density at radius 1 is 1.38 bits per heavy atom. The number of carbonyl (C=O) groups excluding carboxylic acids is 1. The first-order chi connectivity index (χ1) is 10.2. The first kappa shape index (κ1) is 15.2. The first-order valence-corrected chi connectivity index (χ1v) is 6.91. The number of hydrogen-bond donors (Lipinski definition) is 1. The van der Waals surface area contributed by atoms with Gasteiger partial charge in [0.15, 0.2) is 0 Å². The number of benzene rings is 1. The fourth-order valence-corrected chi connectivity index (χ4v) is 1.82. The molecular formula is C15H20N4O2. The molecule has 2 aromatic rings. The van der Waals surface area contributed by atoms with Crippen LogP contribution in [-0.2, 0) is 29.7 Å². The fourth-order valence-electron chi connectivity index (χ4n) is 1.82. The van der Waals surface area contributed by atoms with E-state index in [2.05, 4.69) is 15.5 Å². The summed E-state index contributed by atoms with van der Waals surface area (Å²) in [7, 11) is 1.88. The number of ether oxygens (including phenoxy) is 1. The van der Waals surface area contributed by atoms with Crippen LogP contribution in [0.3, 0.4) is 0 Å². The lowest BCUT2D eigenvalue weighted by Gasteiger charge is -2.12. The molecule has 0 saturated heterocycles. The monoisotopic (exact) mass is 288 g/mol. The predicted octanol–water partition coefficient (Wildman–Crippen LogP) is 1.28. The minimum absolute atomic E-state index is 0.204. The van der Waals surface area contributed by atoms with Crippen LogP contribution < -0.4 is 5.32 Å². The molecule has 1 N–H and O–H groups in total. The number of aromatic nitrogens is 3. The van der Waals surface area contributed by atoms with Crippen molar-refractivity contribution in [1.82, 2.24) is 20.1 Å². The van der Waals surface area contributed by atoms with Crippen LogP contribution in [0.4, 0.5) is 0 Å². The summed E-state index contributed by atoms with van der Waals surface area (Å²) in [5, 5.41) is 11.0. The summed E-state index contributed by atoms with van der Waals surface area (Å²) in [5.41, 5.74) is 0.991. The van der Waals surface area contributed by atoms with Crippen LogP contribution in [0.15, 0.2) is 36.7 Å². The topological polar surface area (TPSA) is 69.0 Å². The van der Waals surface area contributed by atoms with Gasteiger partial charge in [0.05, 0.1) is 12.5 Å². The molecule has 1 unspecified atom stereocenters. The second kappa shape index (κ2) is 7.54. The predicted molar refractivity (Wildman–Crippen MR) is 78.1 cm³/mol. The molecule has 2 rings (SSSR count). The second-order valence-corrected chi connectivity index (χ2v) is 4.98. The second-order valence-electron chi connectivity index (χ2n) is 4.98. The Balaban J connectivity index is 1.69. The van der Waals surface area contributed by atoms with E-state index in [4.69, 9.17) is 4.74 Å². The lowest BCUT2D eigenvalue weighted by atomic mass is 10.2. The van der Waals surface area contributed by atoms with E-state index in [1.54, 1.807) is 6.33 Å². The molecule has 0 radical (unpaired) electrons. The van der Waals surface area contributed by atoms with Crippen molar-refractivity contribution in [2.75, 3.05) is 6.54 Å². The van der Waals surface area contributed by atoms with Crippen LogP contribution in [0, 0.1) is 5.92 Å². The molecule has 0 aliphatic carbocycles. The van der Waals surface area contributed by atoms with Gasteiger partial charge in [-0.05, 0) is 5.56 Å². The van der Waals surface area contributed by atoms with Crippen molar-refractivity contribution in [3.63, 3.8) is 0 Å². The summed E-state index contributed by atoms with van der Waals surface area (Å²) >= 11 is 0. The molecule has 0 aliphatic heterocycles. The highest BCUT2D eigenvalue weighted by Gasteiger charge is 2.14. The van der Waals surface area contributed by atoms with Crippen LogP contribution in [0.5, 0.6) is 0 Å². The Labute approximate surface area is 124 Å². The van der Waals surface area contributed by atoms with E-state index in [1.165, 1.54) is 0 Å². The quantitative estimate of drug-likeness (QED) is 0.777. The Morgan fingerprint density at radius 3 is 2.81 bits per heavy atom. The molecule has 6 nitrogen and oxygen atoms in total. The van der Waals surface area contributed by atoms with Gasteiger partial charge in [-0.15, -0.1) is 10.2 Å². The number of hydrogen-bond acceptors (Lipinski definition) is 5. The van der Waals surface area contributed by atoms with E-state index < -0.39 is 0 Å². The Kier molecular flexibility index (Phi) is 5.45. The Bertz CT molecular complexity index is 568. The van der Waals surface area contributed by atoms with E-state index in [0.29, 0.717) is 19.7 Å². The number of carbonyl (C=O) groups is 1. The molecule has 0 spiro atoms. The minimum Gasteiger partial charge on any atom is -0.461 e. The van der Waals surface area contributed by atoms with Crippen LogP contribution in [0.25, 0.3) is 0 Å². The van der Waals surface area contributed by atoms with Gasteiger partial charge in [0.2, 0.25) is 0 Å². The molecule has 0 bridgehead atoms. The number of esters is 1. The highest BCUT2D eigenvalue weighted by Crippen LogP contribution is 2.04. The van der Waals surface area contributed by atoms with E-state index in [0.717, 1.165) is 11.4 Å². The molecule has 0 amide bonds. The molecule has 1 aromatic carbocycles. The maximum absolute atomic E-state index is 11.9. The molecule has 112 valence electrons. The number of nitrogens with zero attached hydrogens (tertiary/aromatic N) is 3. The van der Waals surface area contributed by atoms with Crippen molar-refractivity contribution < 1.29 is 9.53 Å². The third-order valence-corrected chi connectivity index (χ3v) is 3.17. The van der Waals surface area contributed by atoms with Gasteiger partial charge in [-0.2, -0.15) is 0 Å². The average molecular weight is 288 g/mol. The molecule has 6 heteroatoms. The summed E-state index contributed by atoms with van der Waals surface area (Å²) in [6, 6.07) is 9.66. The first-order valence-electron chi connectivity index (χ1n) is 6.91. The third kappa shape index (κ3) is 4.68. The van der Waals surface area contributed by atoms with Crippen molar-refractivity contribution in [1.29, 1.82) is 0 Å². The standard InChI is InChI=1S/C15H20N4O2/c1-12(8-16-9-14-18-17-11-19(14)2)15(20)21-10-13-6-4-3-5-7-13/h3-7,11-12,16H,8-10H2,1-2H3. The van der Waals surface area contributed by atoms with Gasteiger partial charge in [0.1, 0.15) is 18.8 Å². The molecule has 0 aliphatic rings. The summed E-state index contributed by atoms with van der Waals surface area (Å²) < 4.78 is 7.13. The fraction of sp³-hybridized carbons (Fsp3) is 0.400. The van der Waals surface area contributed by atoms with Crippen LogP contribution >= 0.6 is 0 Å². The lowest BCUT2D eigenvalue weighted by Crippen LogP contribution is -2.28. The van der Waals surface area contributed by atoms with Gasteiger partial charge >= 0.3 is 5.97 Å². The van der Waals surface area contributed by atoms with E-state index in [9.17, 15) is 4.79 Å². The highest BCUT2D eigenvalue weighted by molar-refractivity contribution is 5.72. The van der Waals surface area contributed by atoms with E-state index >= 15 is 0 Å². The Hall–Kier alpha value is -2.21. The normalized spacial score (nSPS) is 12.1. The van der Waals surface area contributed by atoms with Crippen molar-refractivity contribution in [2.45, 2.75) is 20.1 Å². The highest BCUT2D eigenvalue weighted by atomic mass is 16.5. The molecule has 0 saturated carbocycles. The maximum atomic E-state index is 11.9. The molecule has 21 heavy (non-hydrogen) atoms. The number of nitrogens with one attached hydrogen (secondary N) is 1. The van der Waals surface area contributed by atoms with Gasteiger partial charge in [-0.1, -0.05) is 37.3 Å². The van der Waals surface area contributed by atoms with Crippen LogP contribution in [0.2, 0.25) is 0 Å². The van der Waals surface area contributed by atoms with Gasteiger partial charge in [-0.25, -0.2) is 0 Å². The van der Waals surface area contributed by atoms with E-state index in [-0.39, 0.29) is 11.9 Å². The average Bonchev–Trinajstić information content (AvgIpc) is 2.91. The molecule has 1 aromatic heterocycles. The lowest BCUT2D eigenvalue weighted by molar-refractivity contribution is -0.149. The van der Waals surface area contributed by atoms with Crippen LogP contribution in [0.1, 0.15) is 18.3 Å². The largest absolute Gasteiger partial charge is 0.461 e. The van der Waals surface area contributed by atoms with Crippen LogP contribution in [-0.4, -0.2) is 27.3 Å². The zero-order valence-corrected chi connectivity index (χ0v) is 12.3. The molecule has 0 fully saturated rings. The zero-order valence-electron chi connectivity index (χ0n) is 12.3. The minimum atomic E-state index is -0.207. The Morgan fingerprint density at radius 2 is 2.14 bits per heavy atom. The molecule has 1 heterocycles. The summed E-state index contributed by atoms with van der Waals surface area (Å²) in [4.78, 5) is 11.9. The molecular weight excluding hydrogens is 268 g/mol. The third-order valence-electron chi connectivity index (χ3n) is 3.17. The summed E-state index contributed by atoms with van der Waals surface area (Å²) in [5.74, 6) is 0.422. The molecule has 1 atom stereocenters. The maximum Gasteiger partial charge on any atom is 0.310 e. The van der Waals surface area contributed by atoms with E-state index in [1.807, 2.05) is 48.9 Å².